The van der Waals surface area contributed by atoms with E-state index in [4.69, 9.17) is 0 Å². The van der Waals surface area contributed by atoms with Crippen molar-refractivity contribution in [3.05, 3.63) is 0 Å². The Kier molecular flexibility index (Phi) is 22.3. The predicted molar refractivity (Wildman–Crippen MR) is 71.5 cm³/mol. The van der Waals surface area contributed by atoms with Gasteiger partial charge in [0.1, 0.15) is 0 Å². The third-order valence-electron chi connectivity index (χ3n) is 1.44. The number of hydrogen-bond acceptors (Lipinski definition) is 6. The average Bonchev–Trinajstić information content (AvgIpc) is 2.30. The lowest BCUT2D eigenvalue weighted by Crippen LogP contribution is -1.99. The van der Waals surface area contributed by atoms with Crippen LogP contribution in [-0.2, 0) is 28.6 Å². The van der Waals surface area contributed by atoms with Gasteiger partial charge >= 0.3 is 17.9 Å². The molecule has 6 nitrogen and oxygen atoms in total. The Morgan fingerprint density at radius 3 is 1.42 bits per heavy atom. The number of rotatable bonds is 4. The van der Waals surface area contributed by atoms with Gasteiger partial charge in [-0.05, 0) is 13.3 Å². The summed E-state index contributed by atoms with van der Waals surface area (Å²) in [5, 5.41) is 0. The van der Waals surface area contributed by atoms with Crippen molar-refractivity contribution in [1.29, 1.82) is 0 Å². The molecule has 6 heteroatoms. The molecule has 0 unspecified atom stereocenters. The smallest absolute Gasteiger partial charge is 0.302 e. The Bertz CT molecular complexity index is 237. The molecule has 0 N–H and O–H groups in total. The summed E-state index contributed by atoms with van der Waals surface area (Å²) in [6.07, 6.45) is 2.05. The molecule has 0 saturated carbocycles. The molecule has 0 aliphatic carbocycles. The lowest BCUT2D eigenvalue weighted by atomic mass is 10.4. The van der Waals surface area contributed by atoms with Crippen LogP contribution in [0.25, 0.3) is 0 Å². The van der Waals surface area contributed by atoms with E-state index in [-0.39, 0.29) is 17.9 Å². The molecule has 0 saturated heterocycles. The molecule has 0 radical (unpaired) electrons. The van der Waals surface area contributed by atoms with Gasteiger partial charge < -0.3 is 14.2 Å². The molecule has 0 spiro atoms. The molecule has 0 aromatic heterocycles. The summed E-state index contributed by atoms with van der Waals surface area (Å²) in [6, 6.07) is 0. The third kappa shape index (κ3) is 48.2. The number of methoxy groups -OCH3 is 1. The van der Waals surface area contributed by atoms with Crippen LogP contribution in [0.15, 0.2) is 0 Å². The zero-order valence-electron chi connectivity index (χ0n) is 12.8. The number of hydrogen-bond donors (Lipinski definition) is 0. The molecule has 0 aliphatic rings. The number of esters is 3. The highest BCUT2D eigenvalue weighted by molar-refractivity contribution is 5.66. The number of carbonyl (C=O) groups excluding carboxylic acids is 3. The molecule has 0 atom stereocenters. The van der Waals surface area contributed by atoms with Crippen molar-refractivity contribution < 1.29 is 28.6 Å². The summed E-state index contributed by atoms with van der Waals surface area (Å²) >= 11 is 0. The van der Waals surface area contributed by atoms with E-state index in [0.717, 1.165) is 12.8 Å². The van der Waals surface area contributed by atoms with Crippen LogP contribution in [0, 0.1) is 0 Å². The molecule has 0 rings (SSSR count). The van der Waals surface area contributed by atoms with Crippen molar-refractivity contribution in [2.75, 3.05) is 20.3 Å². The summed E-state index contributed by atoms with van der Waals surface area (Å²) < 4.78 is 13.2. The van der Waals surface area contributed by atoms with Crippen LogP contribution in [0.5, 0.6) is 0 Å². The second-order valence-electron chi connectivity index (χ2n) is 3.31. The first-order valence-electron chi connectivity index (χ1n) is 6.12. The van der Waals surface area contributed by atoms with Gasteiger partial charge in [0.15, 0.2) is 0 Å². The highest BCUT2D eigenvalue weighted by Gasteiger charge is 1.88. The molecular formula is C13H26O6. The Hall–Kier alpha value is -1.59. The summed E-state index contributed by atoms with van der Waals surface area (Å²) in [5.41, 5.74) is 0. The fraction of sp³-hybridized carbons (Fsp3) is 0.769. The molecule has 0 amide bonds. The lowest BCUT2D eigenvalue weighted by molar-refractivity contribution is -0.141. The zero-order chi connectivity index (χ0) is 15.7. The van der Waals surface area contributed by atoms with Gasteiger partial charge in [-0.3, -0.25) is 14.4 Å². The van der Waals surface area contributed by atoms with Crippen LogP contribution < -0.4 is 0 Å². The molecule has 0 aromatic carbocycles. The van der Waals surface area contributed by atoms with Crippen LogP contribution in [-0.4, -0.2) is 38.2 Å². The van der Waals surface area contributed by atoms with Gasteiger partial charge in [-0.25, -0.2) is 0 Å². The van der Waals surface area contributed by atoms with Crippen molar-refractivity contribution in [3.63, 3.8) is 0 Å². The predicted octanol–water partition coefficient (Wildman–Crippen LogP) is 2.10. The van der Waals surface area contributed by atoms with Crippen molar-refractivity contribution in [2.45, 2.75) is 47.5 Å². The number of unbranched alkanes of at least 4 members (excludes halogenated alkanes) is 1. The number of ether oxygens (including phenoxy) is 3. The van der Waals surface area contributed by atoms with Gasteiger partial charge in [-0.1, -0.05) is 13.3 Å². The molecular weight excluding hydrogens is 252 g/mol. The maximum Gasteiger partial charge on any atom is 0.302 e. The van der Waals surface area contributed by atoms with E-state index in [0.29, 0.717) is 13.2 Å². The topological polar surface area (TPSA) is 78.9 Å². The first kappa shape index (κ1) is 22.6. The Morgan fingerprint density at radius 2 is 1.26 bits per heavy atom. The van der Waals surface area contributed by atoms with Crippen molar-refractivity contribution >= 4 is 17.9 Å². The Balaban J connectivity index is -0.000000209. The monoisotopic (exact) mass is 278 g/mol. The van der Waals surface area contributed by atoms with Gasteiger partial charge in [0, 0.05) is 20.8 Å². The second-order valence-corrected chi connectivity index (χ2v) is 3.31. The van der Waals surface area contributed by atoms with E-state index < -0.39 is 0 Å². The van der Waals surface area contributed by atoms with E-state index in [1.807, 2.05) is 0 Å². The van der Waals surface area contributed by atoms with Crippen molar-refractivity contribution in [3.8, 4) is 0 Å². The molecule has 0 aliphatic heterocycles. The highest BCUT2D eigenvalue weighted by Crippen LogP contribution is 1.86. The van der Waals surface area contributed by atoms with Crippen LogP contribution in [0.2, 0.25) is 0 Å². The molecule has 19 heavy (non-hydrogen) atoms. The highest BCUT2D eigenvalue weighted by atomic mass is 16.5. The summed E-state index contributed by atoms with van der Waals surface area (Å²) in [5.74, 6) is -0.638. The molecule has 0 aromatic rings. The van der Waals surface area contributed by atoms with E-state index in [1.165, 1.54) is 27.9 Å². The normalized spacial score (nSPS) is 7.89. The fourth-order valence-corrected chi connectivity index (χ4v) is 0.563. The lowest BCUT2D eigenvalue weighted by Gasteiger charge is -1.96. The Morgan fingerprint density at radius 1 is 0.842 bits per heavy atom. The van der Waals surface area contributed by atoms with Gasteiger partial charge in [0.2, 0.25) is 0 Å². The molecule has 114 valence electrons. The van der Waals surface area contributed by atoms with E-state index in [1.54, 1.807) is 6.92 Å². The van der Waals surface area contributed by atoms with Gasteiger partial charge in [0.25, 0.3) is 0 Å². The van der Waals surface area contributed by atoms with Crippen LogP contribution in [0.3, 0.4) is 0 Å². The zero-order valence-corrected chi connectivity index (χ0v) is 12.8. The largest absolute Gasteiger partial charge is 0.469 e. The van der Waals surface area contributed by atoms with Crippen molar-refractivity contribution in [1.82, 2.24) is 0 Å². The summed E-state index contributed by atoms with van der Waals surface area (Å²) in [7, 11) is 1.35. The van der Waals surface area contributed by atoms with E-state index >= 15 is 0 Å². The van der Waals surface area contributed by atoms with Crippen molar-refractivity contribution in [2.24, 2.45) is 0 Å². The molecule has 0 fully saturated rings. The minimum Gasteiger partial charge on any atom is -0.469 e. The summed E-state index contributed by atoms with van der Waals surface area (Å²) in [6.45, 7) is 9.07. The average molecular weight is 278 g/mol. The number of carbonyl (C=O) groups is 3. The van der Waals surface area contributed by atoms with E-state index in [2.05, 4.69) is 21.1 Å². The third-order valence-corrected chi connectivity index (χ3v) is 1.44. The first-order valence-corrected chi connectivity index (χ1v) is 6.12. The fourth-order valence-electron chi connectivity index (χ4n) is 0.563. The van der Waals surface area contributed by atoms with Crippen LogP contribution >= 0.6 is 0 Å². The quantitative estimate of drug-likeness (QED) is 0.445. The van der Waals surface area contributed by atoms with Gasteiger partial charge in [-0.15, -0.1) is 0 Å². The molecule has 0 bridgehead atoms. The minimum absolute atomic E-state index is 0.182. The van der Waals surface area contributed by atoms with Crippen LogP contribution in [0.4, 0.5) is 0 Å². The first-order chi connectivity index (χ1) is 8.81. The van der Waals surface area contributed by atoms with Gasteiger partial charge in [0.05, 0.1) is 20.3 Å². The maximum absolute atomic E-state index is 10.1. The Labute approximate surface area is 115 Å². The molecule has 0 heterocycles. The minimum atomic E-state index is -0.245. The SMILES string of the molecule is CCCCOC(C)=O.CCOC(C)=O.COC(C)=O. The maximum atomic E-state index is 10.1. The van der Waals surface area contributed by atoms with Crippen LogP contribution in [0.1, 0.15) is 47.5 Å². The second kappa shape index (κ2) is 18.8. The standard InChI is InChI=1S/C6H12O2.C4H8O2.C3H6O2/c1-3-4-5-8-6(2)7;1-3-6-4(2)5;1-3(4)5-2/h3-5H2,1-2H3;3H2,1-2H3;1-2H3. The van der Waals surface area contributed by atoms with E-state index in [9.17, 15) is 14.4 Å². The van der Waals surface area contributed by atoms with Gasteiger partial charge in [-0.2, -0.15) is 0 Å². The summed E-state index contributed by atoms with van der Waals surface area (Å²) in [4.78, 5) is 29.5.